The van der Waals surface area contributed by atoms with Crippen molar-refractivity contribution in [3.8, 4) is 0 Å². The summed E-state index contributed by atoms with van der Waals surface area (Å²) in [6.07, 6.45) is 0. The minimum Gasteiger partial charge on any atom is -0.376 e. The summed E-state index contributed by atoms with van der Waals surface area (Å²) in [6, 6.07) is 9.88. The summed E-state index contributed by atoms with van der Waals surface area (Å²) in [4.78, 5) is 16.5. The van der Waals surface area contributed by atoms with E-state index in [1.165, 1.54) is 12.2 Å². The van der Waals surface area contributed by atoms with Crippen LogP contribution in [-0.4, -0.2) is 31.7 Å². The molecule has 1 aromatic carbocycles. The average molecular weight is 237 g/mol. The Labute approximate surface area is 102 Å². The lowest BCUT2D eigenvalue weighted by Crippen LogP contribution is -2.32. The zero-order valence-corrected chi connectivity index (χ0v) is 10.6. The number of hydrogen-bond donors (Lipinski definition) is 0. The summed E-state index contributed by atoms with van der Waals surface area (Å²) >= 11 is 0. The van der Waals surface area contributed by atoms with Crippen LogP contribution in [0.3, 0.4) is 0 Å². The molecule has 1 aromatic rings. The van der Waals surface area contributed by atoms with Crippen molar-refractivity contribution in [2.45, 2.75) is 13.5 Å². The van der Waals surface area contributed by atoms with E-state index in [1.54, 1.807) is 7.05 Å². The number of amides is 1. The second-order valence-electron chi connectivity index (χ2n) is 3.92. The van der Waals surface area contributed by atoms with Gasteiger partial charge in [0.2, 0.25) is 0 Å². The van der Waals surface area contributed by atoms with Crippen molar-refractivity contribution < 1.29 is 14.4 Å². The summed E-state index contributed by atoms with van der Waals surface area (Å²) in [5.41, 5.74) is 1.10. The van der Waals surface area contributed by atoms with E-state index in [4.69, 9.17) is 9.57 Å². The topological polar surface area (TPSA) is 38.8 Å². The normalized spacial score (nSPS) is 12.2. The van der Waals surface area contributed by atoms with Crippen molar-refractivity contribution in [3.63, 3.8) is 0 Å². The fourth-order valence-electron chi connectivity index (χ4n) is 1.40. The van der Waals surface area contributed by atoms with Crippen LogP contribution in [0.15, 0.2) is 30.3 Å². The van der Waals surface area contributed by atoms with Gasteiger partial charge in [-0.1, -0.05) is 37.3 Å². The van der Waals surface area contributed by atoms with Crippen molar-refractivity contribution in [1.29, 1.82) is 0 Å². The fourth-order valence-corrected chi connectivity index (χ4v) is 1.40. The molecule has 0 saturated carbocycles. The van der Waals surface area contributed by atoms with Crippen molar-refractivity contribution in [3.05, 3.63) is 35.9 Å². The van der Waals surface area contributed by atoms with Crippen LogP contribution in [0.4, 0.5) is 0 Å². The third-order valence-corrected chi connectivity index (χ3v) is 2.49. The molecule has 0 N–H and O–H groups in total. The largest absolute Gasteiger partial charge is 0.376 e. The first-order valence-electron chi connectivity index (χ1n) is 5.58. The maximum atomic E-state index is 11.6. The highest BCUT2D eigenvalue weighted by Gasteiger charge is 2.17. The Morgan fingerprint density at radius 1 is 1.35 bits per heavy atom. The number of benzene rings is 1. The fraction of sp³-hybridized carbons (Fsp3) is 0.462. The SMILES string of the molecule is CON(C)C(=O)[C@H](C)COCc1ccccc1. The highest BCUT2D eigenvalue weighted by Crippen LogP contribution is 2.05. The van der Waals surface area contributed by atoms with E-state index in [0.29, 0.717) is 13.2 Å². The molecule has 94 valence electrons. The summed E-state index contributed by atoms with van der Waals surface area (Å²) < 4.78 is 5.49. The molecule has 1 atom stereocenters. The Hall–Kier alpha value is -1.39. The second-order valence-corrected chi connectivity index (χ2v) is 3.92. The van der Waals surface area contributed by atoms with Crippen LogP contribution in [0.1, 0.15) is 12.5 Å². The molecule has 0 aromatic heterocycles. The Bertz CT molecular complexity index is 340. The maximum Gasteiger partial charge on any atom is 0.250 e. The van der Waals surface area contributed by atoms with Crippen molar-refractivity contribution >= 4 is 5.91 Å². The number of rotatable bonds is 6. The lowest BCUT2D eigenvalue weighted by Gasteiger charge is -2.18. The van der Waals surface area contributed by atoms with Gasteiger partial charge in [0.05, 0.1) is 26.2 Å². The van der Waals surface area contributed by atoms with Gasteiger partial charge in [0.1, 0.15) is 0 Å². The van der Waals surface area contributed by atoms with E-state index in [2.05, 4.69) is 0 Å². The van der Waals surface area contributed by atoms with Gasteiger partial charge < -0.3 is 4.74 Å². The highest BCUT2D eigenvalue weighted by atomic mass is 16.7. The molecule has 4 heteroatoms. The predicted molar refractivity (Wildman–Crippen MR) is 65.0 cm³/mol. The number of carbonyl (C=O) groups is 1. The molecule has 4 nitrogen and oxygen atoms in total. The van der Waals surface area contributed by atoms with E-state index in [0.717, 1.165) is 5.56 Å². The van der Waals surface area contributed by atoms with Gasteiger partial charge in [0.15, 0.2) is 0 Å². The van der Waals surface area contributed by atoms with Gasteiger partial charge in [-0.05, 0) is 5.56 Å². The number of ether oxygens (including phenoxy) is 1. The molecule has 1 rings (SSSR count). The van der Waals surface area contributed by atoms with Crippen molar-refractivity contribution in [1.82, 2.24) is 5.06 Å². The third-order valence-electron chi connectivity index (χ3n) is 2.49. The van der Waals surface area contributed by atoms with Gasteiger partial charge >= 0.3 is 0 Å². The van der Waals surface area contributed by atoms with Crippen LogP contribution in [0.5, 0.6) is 0 Å². The molecule has 0 aliphatic rings. The highest BCUT2D eigenvalue weighted by molar-refractivity contribution is 5.77. The summed E-state index contributed by atoms with van der Waals surface area (Å²) in [6.45, 7) is 2.74. The lowest BCUT2D eigenvalue weighted by molar-refractivity contribution is -0.174. The first kappa shape index (κ1) is 13.7. The lowest BCUT2D eigenvalue weighted by atomic mass is 10.2. The molecule has 0 radical (unpaired) electrons. The van der Waals surface area contributed by atoms with Gasteiger partial charge in [-0.15, -0.1) is 0 Å². The molecule has 0 aliphatic carbocycles. The summed E-state index contributed by atoms with van der Waals surface area (Å²) in [7, 11) is 3.06. The molecular formula is C13H19NO3. The minimum atomic E-state index is -0.205. The van der Waals surface area contributed by atoms with Gasteiger partial charge in [-0.3, -0.25) is 9.63 Å². The number of hydrogen-bond acceptors (Lipinski definition) is 3. The Morgan fingerprint density at radius 3 is 2.59 bits per heavy atom. The monoisotopic (exact) mass is 237 g/mol. The zero-order chi connectivity index (χ0) is 12.7. The second kappa shape index (κ2) is 7.04. The number of hydroxylamine groups is 2. The van der Waals surface area contributed by atoms with Crippen LogP contribution < -0.4 is 0 Å². The Morgan fingerprint density at radius 2 is 2.00 bits per heavy atom. The number of carbonyl (C=O) groups excluding carboxylic acids is 1. The van der Waals surface area contributed by atoms with Crippen LogP contribution in [0, 0.1) is 5.92 Å². The van der Waals surface area contributed by atoms with Crippen LogP contribution in [0.2, 0.25) is 0 Å². The van der Waals surface area contributed by atoms with Crippen LogP contribution in [-0.2, 0) is 21.0 Å². The van der Waals surface area contributed by atoms with Gasteiger partial charge in [-0.2, -0.15) is 0 Å². The zero-order valence-electron chi connectivity index (χ0n) is 10.6. The number of nitrogens with zero attached hydrogens (tertiary/aromatic N) is 1. The van der Waals surface area contributed by atoms with E-state index >= 15 is 0 Å². The van der Waals surface area contributed by atoms with Crippen LogP contribution in [0.25, 0.3) is 0 Å². The van der Waals surface area contributed by atoms with Crippen molar-refractivity contribution in [2.75, 3.05) is 20.8 Å². The van der Waals surface area contributed by atoms with Gasteiger partial charge in [-0.25, -0.2) is 5.06 Å². The molecule has 0 heterocycles. The van der Waals surface area contributed by atoms with Crippen LogP contribution >= 0.6 is 0 Å². The molecule has 17 heavy (non-hydrogen) atoms. The molecule has 0 spiro atoms. The molecule has 0 saturated heterocycles. The van der Waals surface area contributed by atoms with E-state index in [9.17, 15) is 4.79 Å². The average Bonchev–Trinajstić information content (AvgIpc) is 2.38. The quantitative estimate of drug-likeness (QED) is 0.709. The van der Waals surface area contributed by atoms with Crippen molar-refractivity contribution in [2.24, 2.45) is 5.92 Å². The summed E-state index contributed by atoms with van der Waals surface area (Å²) in [5.74, 6) is -0.288. The third kappa shape index (κ3) is 4.54. The van der Waals surface area contributed by atoms with Gasteiger partial charge in [0.25, 0.3) is 5.91 Å². The predicted octanol–water partition coefficient (Wildman–Crippen LogP) is 1.86. The Kier molecular flexibility index (Phi) is 5.66. The summed E-state index contributed by atoms with van der Waals surface area (Å²) in [5, 5.41) is 1.22. The molecule has 0 fully saturated rings. The molecular weight excluding hydrogens is 218 g/mol. The first-order valence-corrected chi connectivity index (χ1v) is 5.58. The molecule has 0 aliphatic heterocycles. The smallest absolute Gasteiger partial charge is 0.250 e. The molecule has 0 bridgehead atoms. The molecule has 1 amide bonds. The van der Waals surface area contributed by atoms with E-state index < -0.39 is 0 Å². The standard InChI is InChI=1S/C13H19NO3/c1-11(13(15)14(2)16-3)9-17-10-12-7-5-4-6-8-12/h4-8,11H,9-10H2,1-3H3/t11-/m1/s1. The Balaban J connectivity index is 2.29. The minimum absolute atomic E-state index is 0.0828. The first-order chi connectivity index (χ1) is 8.15. The van der Waals surface area contributed by atoms with E-state index in [-0.39, 0.29) is 11.8 Å². The maximum absolute atomic E-state index is 11.6. The van der Waals surface area contributed by atoms with E-state index in [1.807, 2.05) is 37.3 Å². The van der Waals surface area contributed by atoms with Gasteiger partial charge in [0, 0.05) is 7.05 Å². The molecule has 0 unspecified atom stereocenters.